The van der Waals surface area contributed by atoms with Crippen molar-refractivity contribution in [3.63, 3.8) is 0 Å². The molecule has 0 atom stereocenters. The Morgan fingerprint density at radius 2 is 1.97 bits per heavy atom. The van der Waals surface area contributed by atoms with Crippen molar-refractivity contribution in [1.29, 1.82) is 0 Å². The summed E-state index contributed by atoms with van der Waals surface area (Å²) >= 11 is 0. The highest BCUT2D eigenvalue weighted by Gasteiger charge is 2.13. The van der Waals surface area contributed by atoms with Crippen molar-refractivity contribution in [3.8, 4) is 22.8 Å². The molecule has 7 nitrogen and oxygen atoms in total. The van der Waals surface area contributed by atoms with Gasteiger partial charge in [0, 0.05) is 29.6 Å². The molecule has 0 unspecified atom stereocenters. The van der Waals surface area contributed by atoms with E-state index >= 15 is 0 Å². The predicted molar refractivity (Wildman–Crippen MR) is 137 cm³/mol. The van der Waals surface area contributed by atoms with Crippen LogP contribution < -0.4 is 14.8 Å². The number of anilines is 2. The van der Waals surface area contributed by atoms with Crippen molar-refractivity contribution in [2.45, 2.75) is 25.9 Å². The number of nitrogens with zero attached hydrogens (tertiary/aromatic N) is 3. The first-order chi connectivity index (χ1) is 17.7. The molecule has 0 spiro atoms. The van der Waals surface area contributed by atoms with Crippen molar-refractivity contribution < 1.29 is 18.6 Å². The van der Waals surface area contributed by atoms with Crippen LogP contribution in [0.5, 0.6) is 11.5 Å². The van der Waals surface area contributed by atoms with Crippen molar-refractivity contribution >= 4 is 11.6 Å². The zero-order valence-electron chi connectivity index (χ0n) is 20.3. The Hall–Kier alpha value is -3.49. The molecule has 2 aliphatic rings. The molecule has 1 saturated heterocycles. The van der Waals surface area contributed by atoms with Gasteiger partial charge in [0.1, 0.15) is 12.4 Å². The highest BCUT2D eigenvalue weighted by Crippen LogP contribution is 2.28. The molecule has 3 heterocycles. The maximum absolute atomic E-state index is 14.3. The standard InChI is InChI=1S/C28H31FN4O3/c29-24-8-6-21-19-27(24)35-16-5-1-4-15-34-20-22-18-23(31-28-30-11-10-25(21)32-28)7-9-26(22)36-17-14-33-12-2-3-13-33/h1,4,6-11,18-19H,2-3,5,12-17,20H2,(H,30,31,32)/b4-1+. The fraction of sp³-hybridized carbons (Fsp3) is 0.357. The SMILES string of the molecule is Fc1ccc2cc1OCC/C=C/COCc1cc(ccc1OCCN1CCCC1)Nc1nccc-2n1. The normalized spacial score (nSPS) is 17.4. The second kappa shape index (κ2) is 12.0. The fourth-order valence-electron chi connectivity index (χ4n) is 4.34. The van der Waals surface area contributed by atoms with Gasteiger partial charge >= 0.3 is 0 Å². The molecule has 0 aliphatic carbocycles. The van der Waals surface area contributed by atoms with E-state index in [-0.39, 0.29) is 5.75 Å². The van der Waals surface area contributed by atoms with Crippen LogP contribution in [0, 0.1) is 5.82 Å². The second-order valence-electron chi connectivity index (χ2n) is 8.88. The van der Waals surface area contributed by atoms with Crippen molar-refractivity contribution in [1.82, 2.24) is 14.9 Å². The molecular weight excluding hydrogens is 459 g/mol. The van der Waals surface area contributed by atoms with Crippen LogP contribution in [0.4, 0.5) is 16.0 Å². The maximum atomic E-state index is 14.3. The molecule has 2 aliphatic heterocycles. The lowest BCUT2D eigenvalue weighted by atomic mass is 10.1. The van der Waals surface area contributed by atoms with E-state index in [1.807, 2.05) is 30.4 Å². The topological polar surface area (TPSA) is 68.7 Å². The number of likely N-dealkylation sites (tertiary alicyclic amines) is 1. The number of hydrogen-bond acceptors (Lipinski definition) is 7. The zero-order chi connectivity index (χ0) is 24.6. The summed E-state index contributed by atoms with van der Waals surface area (Å²) in [4.78, 5) is 11.4. The van der Waals surface area contributed by atoms with E-state index in [0.29, 0.717) is 44.5 Å². The number of halogens is 1. The molecule has 188 valence electrons. The van der Waals surface area contributed by atoms with Crippen LogP contribution in [-0.4, -0.2) is 54.3 Å². The maximum Gasteiger partial charge on any atom is 0.227 e. The molecule has 2 aromatic carbocycles. The van der Waals surface area contributed by atoms with Crippen LogP contribution in [0.2, 0.25) is 0 Å². The van der Waals surface area contributed by atoms with Crippen LogP contribution in [0.15, 0.2) is 60.8 Å². The minimum atomic E-state index is -0.400. The largest absolute Gasteiger partial charge is 0.492 e. The highest BCUT2D eigenvalue weighted by molar-refractivity contribution is 5.64. The quantitative estimate of drug-likeness (QED) is 0.494. The summed E-state index contributed by atoms with van der Waals surface area (Å²) in [6, 6.07) is 12.5. The van der Waals surface area contributed by atoms with Crippen molar-refractivity contribution in [2.75, 3.05) is 44.8 Å². The van der Waals surface area contributed by atoms with Crippen molar-refractivity contribution in [3.05, 3.63) is 72.2 Å². The molecule has 0 amide bonds. The van der Waals surface area contributed by atoms with Crippen LogP contribution in [0.1, 0.15) is 24.8 Å². The number of aromatic nitrogens is 2. The van der Waals surface area contributed by atoms with E-state index in [4.69, 9.17) is 14.2 Å². The minimum Gasteiger partial charge on any atom is -0.492 e. The number of hydrogen-bond donors (Lipinski definition) is 1. The molecule has 3 aromatic rings. The third-order valence-corrected chi connectivity index (χ3v) is 6.24. The third kappa shape index (κ3) is 6.38. The zero-order valence-corrected chi connectivity index (χ0v) is 20.3. The highest BCUT2D eigenvalue weighted by atomic mass is 19.1. The molecule has 8 heteroatoms. The van der Waals surface area contributed by atoms with Gasteiger partial charge in [0.15, 0.2) is 11.6 Å². The lowest BCUT2D eigenvalue weighted by molar-refractivity contribution is 0.144. The van der Waals surface area contributed by atoms with Gasteiger partial charge in [0.2, 0.25) is 5.95 Å². The minimum absolute atomic E-state index is 0.205. The van der Waals surface area contributed by atoms with Gasteiger partial charge in [-0.3, -0.25) is 4.90 Å². The first-order valence-corrected chi connectivity index (χ1v) is 12.5. The van der Waals surface area contributed by atoms with Gasteiger partial charge in [0.05, 0.1) is 25.5 Å². The Bertz CT molecular complexity index is 1200. The Balaban J connectivity index is 1.38. The monoisotopic (exact) mass is 490 g/mol. The molecule has 1 fully saturated rings. The first-order valence-electron chi connectivity index (χ1n) is 12.5. The van der Waals surface area contributed by atoms with Gasteiger partial charge < -0.3 is 19.5 Å². The van der Waals surface area contributed by atoms with Gasteiger partial charge in [-0.2, -0.15) is 0 Å². The molecule has 6 bridgehead atoms. The van der Waals surface area contributed by atoms with Crippen LogP contribution in [0.25, 0.3) is 11.3 Å². The Morgan fingerprint density at radius 3 is 2.89 bits per heavy atom. The Kier molecular flexibility index (Phi) is 8.05. The fourth-order valence-corrected chi connectivity index (χ4v) is 4.34. The Morgan fingerprint density at radius 1 is 1.06 bits per heavy atom. The van der Waals surface area contributed by atoms with E-state index < -0.39 is 5.82 Å². The summed E-state index contributed by atoms with van der Waals surface area (Å²) in [6.45, 7) is 5.10. The van der Waals surface area contributed by atoms with E-state index in [2.05, 4.69) is 20.2 Å². The smallest absolute Gasteiger partial charge is 0.227 e. The average molecular weight is 491 g/mol. The van der Waals surface area contributed by atoms with E-state index in [0.717, 1.165) is 42.2 Å². The van der Waals surface area contributed by atoms with Gasteiger partial charge in [-0.1, -0.05) is 12.2 Å². The van der Waals surface area contributed by atoms with Gasteiger partial charge in [-0.25, -0.2) is 14.4 Å². The Labute approximate surface area is 210 Å². The first kappa shape index (κ1) is 24.2. The molecule has 1 N–H and O–H groups in total. The van der Waals surface area contributed by atoms with Gasteiger partial charge in [-0.15, -0.1) is 0 Å². The molecule has 0 radical (unpaired) electrons. The average Bonchev–Trinajstić information content (AvgIpc) is 3.41. The van der Waals surface area contributed by atoms with E-state index in [1.54, 1.807) is 24.4 Å². The molecule has 5 rings (SSSR count). The lowest BCUT2D eigenvalue weighted by Gasteiger charge is -2.17. The van der Waals surface area contributed by atoms with Gasteiger partial charge in [0.25, 0.3) is 0 Å². The van der Waals surface area contributed by atoms with E-state index in [9.17, 15) is 4.39 Å². The van der Waals surface area contributed by atoms with E-state index in [1.165, 1.54) is 18.9 Å². The number of benzene rings is 2. The van der Waals surface area contributed by atoms with Crippen LogP contribution in [0.3, 0.4) is 0 Å². The number of ether oxygens (including phenoxy) is 3. The lowest BCUT2D eigenvalue weighted by Crippen LogP contribution is -2.25. The predicted octanol–water partition coefficient (Wildman–Crippen LogP) is 5.36. The molecule has 0 saturated carbocycles. The summed E-state index contributed by atoms with van der Waals surface area (Å²) in [5, 5.41) is 3.27. The number of fused-ring (bicyclic) bond motifs is 7. The molecular formula is C28H31FN4O3. The third-order valence-electron chi connectivity index (χ3n) is 6.24. The molecule has 1 aromatic heterocycles. The summed E-state index contributed by atoms with van der Waals surface area (Å²) < 4.78 is 32.0. The summed E-state index contributed by atoms with van der Waals surface area (Å²) in [5.74, 6) is 1.07. The summed E-state index contributed by atoms with van der Waals surface area (Å²) in [6.07, 6.45) is 8.79. The summed E-state index contributed by atoms with van der Waals surface area (Å²) in [5.41, 5.74) is 3.21. The number of rotatable bonds is 4. The van der Waals surface area contributed by atoms with Crippen LogP contribution >= 0.6 is 0 Å². The van der Waals surface area contributed by atoms with Crippen LogP contribution in [-0.2, 0) is 11.3 Å². The van der Waals surface area contributed by atoms with Gasteiger partial charge in [-0.05, 0) is 74.8 Å². The second-order valence-corrected chi connectivity index (χ2v) is 8.88. The van der Waals surface area contributed by atoms with Crippen molar-refractivity contribution in [2.24, 2.45) is 0 Å². The molecule has 36 heavy (non-hydrogen) atoms. The number of nitrogens with one attached hydrogen (secondary N) is 1. The summed E-state index contributed by atoms with van der Waals surface area (Å²) in [7, 11) is 0.